The molecule has 0 saturated carbocycles. The van der Waals surface area contributed by atoms with Crippen molar-refractivity contribution < 1.29 is 14.0 Å². The van der Waals surface area contributed by atoms with Crippen LogP contribution in [0.5, 0.6) is 0 Å². The standard InChI is InChI=1S/C22H25N3O4/c1-15(2)21(27)24-17-8-5-7-16(13-17)14-23-20(26)11-6-12-25-18-9-3-4-10-19(18)29-22(25)28/h3-5,7-10,13,15H,6,11-12,14H2,1-2H3,(H,23,26)(H,24,27). The van der Waals surface area contributed by atoms with Crippen LogP contribution in [-0.4, -0.2) is 16.4 Å². The molecule has 0 bridgehead atoms. The van der Waals surface area contributed by atoms with Crippen molar-refractivity contribution in [2.24, 2.45) is 5.92 Å². The van der Waals surface area contributed by atoms with Gasteiger partial charge in [-0.3, -0.25) is 14.2 Å². The molecule has 1 heterocycles. The molecule has 3 rings (SSSR count). The fraction of sp³-hybridized carbons (Fsp3) is 0.318. The highest BCUT2D eigenvalue weighted by molar-refractivity contribution is 5.92. The normalized spacial score (nSPS) is 11.0. The van der Waals surface area contributed by atoms with Crippen LogP contribution >= 0.6 is 0 Å². The summed E-state index contributed by atoms with van der Waals surface area (Å²) in [6.45, 7) is 4.46. The Hall–Kier alpha value is -3.35. The van der Waals surface area contributed by atoms with Crippen molar-refractivity contribution >= 4 is 28.6 Å². The van der Waals surface area contributed by atoms with E-state index in [1.807, 2.05) is 56.3 Å². The summed E-state index contributed by atoms with van der Waals surface area (Å²) < 4.78 is 6.74. The van der Waals surface area contributed by atoms with E-state index in [-0.39, 0.29) is 17.7 Å². The van der Waals surface area contributed by atoms with E-state index in [4.69, 9.17) is 4.42 Å². The van der Waals surface area contributed by atoms with Crippen LogP contribution in [0.1, 0.15) is 32.3 Å². The van der Waals surface area contributed by atoms with Crippen molar-refractivity contribution in [1.82, 2.24) is 9.88 Å². The van der Waals surface area contributed by atoms with Crippen molar-refractivity contribution in [1.29, 1.82) is 0 Å². The van der Waals surface area contributed by atoms with Gasteiger partial charge in [0.05, 0.1) is 5.52 Å². The maximum Gasteiger partial charge on any atom is 0.419 e. The van der Waals surface area contributed by atoms with Gasteiger partial charge in [-0.15, -0.1) is 0 Å². The molecule has 0 unspecified atom stereocenters. The molecule has 152 valence electrons. The summed E-state index contributed by atoms with van der Waals surface area (Å²) in [5, 5.41) is 5.72. The molecule has 0 atom stereocenters. The SMILES string of the molecule is CC(C)C(=O)Nc1cccc(CNC(=O)CCCn2c(=O)oc3ccccc32)c1. The predicted molar refractivity (Wildman–Crippen MR) is 111 cm³/mol. The number of aromatic nitrogens is 1. The van der Waals surface area contributed by atoms with Crippen LogP contribution in [0.25, 0.3) is 11.1 Å². The number of oxazole rings is 1. The molecule has 7 heteroatoms. The Labute approximate surface area is 168 Å². The lowest BCUT2D eigenvalue weighted by atomic mass is 10.1. The molecule has 3 aromatic rings. The minimum atomic E-state index is -0.410. The molecular formula is C22H25N3O4. The number of rotatable bonds is 8. The monoisotopic (exact) mass is 395 g/mol. The Morgan fingerprint density at radius 3 is 2.69 bits per heavy atom. The van der Waals surface area contributed by atoms with Crippen molar-refractivity contribution in [3.8, 4) is 0 Å². The average Bonchev–Trinajstić information content (AvgIpc) is 3.02. The second kappa shape index (κ2) is 9.23. The molecule has 0 spiro atoms. The maximum atomic E-state index is 12.2. The zero-order chi connectivity index (χ0) is 20.8. The molecule has 1 aromatic heterocycles. The van der Waals surface area contributed by atoms with E-state index in [0.29, 0.717) is 37.2 Å². The fourth-order valence-electron chi connectivity index (χ4n) is 2.96. The van der Waals surface area contributed by atoms with Crippen molar-refractivity contribution in [3.05, 3.63) is 64.6 Å². The van der Waals surface area contributed by atoms with Gasteiger partial charge >= 0.3 is 5.76 Å². The van der Waals surface area contributed by atoms with E-state index in [1.54, 1.807) is 10.6 Å². The second-order valence-electron chi connectivity index (χ2n) is 7.21. The van der Waals surface area contributed by atoms with Gasteiger partial charge in [0.1, 0.15) is 0 Å². The highest BCUT2D eigenvalue weighted by atomic mass is 16.4. The summed E-state index contributed by atoms with van der Waals surface area (Å²) in [4.78, 5) is 35.9. The first kappa shape index (κ1) is 20.4. The molecule has 0 aliphatic rings. The smallest absolute Gasteiger partial charge is 0.408 e. The molecule has 0 saturated heterocycles. The van der Waals surface area contributed by atoms with Crippen LogP contribution in [0.3, 0.4) is 0 Å². The third-order valence-corrected chi connectivity index (χ3v) is 4.57. The zero-order valence-electron chi connectivity index (χ0n) is 16.6. The van der Waals surface area contributed by atoms with E-state index in [1.165, 1.54) is 0 Å². The van der Waals surface area contributed by atoms with Crippen molar-refractivity contribution in [2.75, 3.05) is 5.32 Å². The Morgan fingerprint density at radius 2 is 1.90 bits per heavy atom. The zero-order valence-corrected chi connectivity index (χ0v) is 16.6. The molecule has 0 radical (unpaired) electrons. The molecule has 2 amide bonds. The number of amides is 2. The summed E-state index contributed by atoms with van der Waals surface area (Å²) in [6, 6.07) is 14.6. The van der Waals surface area contributed by atoms with Crippen LogP contribution < -0.4 is 16.4 Å². The summed E-state index contributed by atoms with van der Waals surface area (Å²) in [7, 11) is 0. The van der Waals surface area contributed by atoms with Gasteiger partial charge in [-0.05, 0) is 36.2 Å². The van der Waals surface area contributed by atoms with Crippen LogP contribution in [0.15, 0.2) is 57.7 Å². The number of carbonyl (C=O) groups excluding carboxylic acids is 2. The quantitative estimate of drug-likeness (QED) is 0.612. The third-order valence-electron chi connectivity index (χ3n) is 4.57. The Kier molecular flexibility index (Phi) is 6.49. The number of hydrogen-bond acceptors (Lipinski definition) is 4. The van der Waals surface area contributed by atoms with E-state index < -0.39 is 5.76 Å². The van der Waals surface area contributed by atoms with Gasteiger partial charge in [0.2, 0.25) is 11.8 Å². The minimum Gasteiger partial charge on any atom is -0.408 e. The molecular weight excluding hydrogens is 370 g/mol. The molecule has 0 fully saturated rings. The Balaban J connectivity index is 1.48. The van der Waals surface area contributed by atoms with Gasteiger partial charge in [0.15, 0.2) is 5.58 Å². The Morgan fingerprint density at radius 1 is 1.10 bits per heavy atom. The number of nitrogens with one attached hydrogen (secondary N) is 2. The summed E-state index contributed by atoms with van der Waals surface area (Å²) in [5.41, 5.74) is 2.89. The Bertz CT molecular complexity index is 1070. The number of carbonyl (C=O) groups is 2. The predicted octanol–water partition coefficient (Wildman–Crippen LogP) is 3.29. The van der Waals surface area contributed by atoms with E-state index in [9.17, 15) is 14.4 Å². The third kappa shape index (κ3) is 5.34. The first-order valence-electron chi connectivity index (χ1n) is 9.69. The van der Waals surface area contributed by atoms with E-state index in [0.717, 1.165) is 11.1 Å². The van der Waals surface area contributed by atoms with Gasteiger partial charge in [-0.25, -0.2) is 4.79 Å². The first-order valence-corrected chi connectivity index (χ1v) is 9.69. The highest BCUT2D eigenvalue weighted by Gasteiger charge is 2.10. The summed E-state index contributed by atoms with van der Waals surface area (Å²) in [6.07, 6.45) is 0.829. The fourth-order valence-corrected chi connectivity index (χ4v) is 2.96. The lowest BCUT2D eigenvalue weighted by Crippen LogP contribution is -2.23. The summed E-state index contributed by atoms with van der Waals surface area (Å²) >= 11 is 0. The number of hydrogen-bond donors (Lipinski definition) is 2. The second-order valence-corrected chi connectivity index (χ2v) is 7.21. The number of anilines is 1. The number of aryl methyl sites for hydroxylation is 1. The topological polar surface area (TPSA) is 93.3 Å². The lowest BCUT2D eigenvalue weighted by molar-refractivity contribution is -0.121. The van der Waals surface area contributed by atoms with Crippen LogP contribution in [0.2, 0.25) is 0 Å². The molecule has 0 aliphatic heterocycles. The molecule has 29 heavy (non-hydrogen) atoms. The van der Waals surface area contributed by atoms with Gasteiger partial charge < -0.3 is 15.1 Å². The van der Waals surface area contributed by atoms with Crippen LogP contribution in [0, 0.1) is 5.92 Å². The lowest BCUT2D eigenvalue weighted by Gasteiger charge is -2.10. The van der Waals surface area contributed by atoms with Gasteiger partial charge in [0.25, 0.3) is 0 Å². The largest absolute Gasteiger partial charge is 0.419 e. The summed E-state index contributed by atoms with van der Waals surface area (Å²) in [5.74, 6) is -0.652. The number of benzene rings is 2. The number of fused-ring (bicyclic) bond motifs is 1. The number of para-hydroxylation sites is 2. The molecule has 7 nitrogen and oxygen atoms in total. The van der Waals surface area contributed by atoms with E-state index in [2.05, 4.69) is 10.6 Å². The van der Waals surface area contributed by atoms with Gasteiger partial charge in [-0.2, -0.15) is 0 Å². The van der Waals surface area contributed by atoms with E-state index >= 15 is 0 Å². The van der Waals surface area contributed by atoms with Crippen LogP contribution in [0.4, 0.5) is 5.69 Å². The van der Waals surface area contributed by atoms with Crippen molar-refractivity contribution in [2.45, 2.75) is 39.8 Å². The van der Waals surface area contributed by atoms with Crippen LogP contribution in [-0.2, 0) is 22.7 Å². The molecule has 0 aliphatic carbocycles. The van der Waals surface area contributed by atoms with Crippen molar-refractivity contribution in [3.63, 3.8) is 0 Å². The minimum absolute atomic E-state index is 0.0480. The average molecular weight is 395 g/mol. The van der Waals surface area contributed by atoms with Gasteiger partial charge in [0, 0.05) is 31.1 Å². The molecule has 2 N–H and O–H groups in total. The maximum absolute atomic E-state index is 12.2. The molecule has 2 aromatic carbocycles. The first-order chi connectivity index (χ1) is 13.9. The van der Waals surface area contributed by atoms with Gasteiger partial charge in [-0.1, -0.05) is 38.1 Å². The highest BCUT2D eigenvalue weighted by Crippen LogP contribution is 2.13. The number of nitrogens with zero attached hydrogens (tertiary/aromatic N) is 1.